The van der Waals surface area contributed by atoms with Crippen LogP contribution in [0.15, 0.2) is 0 Å². The van der Waals surface area contributed by atoms with Gasteiger partial charge in [0.1, 0.15) is 0 Å². The van der Waals surface area contributed by atoms with Gasteiger partial charge in [-0.2, -0.15) is 0 Å². The molecule has 0 aromatic rings. The van der Waals surface area contributed by atoms with Crippen LogP contribution >= 0.6 is 0 Å². The largest absolute Gasteiger partial charge is 0.381 e. The Balaban J connectivity index is 1.72. The van der Waals surface area contributed by atoms with Crippen molar-refractivity contribution in [2.24, 2.45) is 17.8 Å². The fourth-order valence-corrected chi connectivity index (χ4v) is 3.21. The molecule has 0 aromatic carbocycles. The van der Waals surface area contributed by atoms with Gasteiger partial charge in [0.15, 0.2) is 0 Å². The third-order valence-corrected chi connectivity index (χ3v) is 4.65. The number of ether oxygens (including phenoxy) is 1. The lowest BCUT2D eigenvalue weighted by Gasteiger charge is -2.32. The van der Waals surface area contributed by atoms with Crippen molar-refractivity contribution in [2.75, 3.05) is 13.2 Å². The monoisotopic (exact) mass is 253 g/mol. The lowest BCUT2D eigenvalue weighted by molar-refractivity contribution is -0.128. The maximum absolute atomic E-state index is 12.1. The summed E-state index contributed by atoms with van der Waals surface area (Å²) in [5.74, 6) is 2.12. The first-order valence-electron chi connectivity index (χ1n) is 7.55. The van der Waals surface area contributed by atoms with E-state index < -0.39 is 0 Å². The molecule has 1 aliphatic heterocycles. The first-order valence-corrected chi connectivity index (χ1v) is 7.55. The number of amides is 1. The van der Waals surface area contributed by atoms with Gasteiger partial charge in [0, 0.05) is 25.2 Å². The van der Waals surface area contributed by atoms with Crippen molar-refractivity contribution in [3.63, 3.8) is 0 Å². The van der Waals surface area contributed by atoms with Crippen molar-refractivity contribution in [1.29, 1.82) is 0 Å². The summed E-state index contributed by atoms with van der Waals surface area (Å²) in [7, 11) is 0. The van der Waals surface area contributed by atoms with Crippen molar-refractivity contribution in [3.8, 4) is 0 Å². The van der Waals surface area contributed by atoms with E-state index in [0.717, 1.165) is 50.7 Å². The zero-order valence-corrected chi connectivity index (χ0v) is 11.8. The van der Waals surface area contributed by atoms with Gasteiger partial charge in [-0.05, 0) is 50.4 Å². The molecule has 0 atom stereocenters. The Morgan fingerprint density at radius 1 is 1.06 bits per heavy atom. The number of rotatable bonds is 3. The summed E-state index contributed by atoms with van der Waals surface area (Å²) in [6.45, 7) is 6.12. The average Bonchev–Trinajstić information content (AvgIpc) is 2.40. The first kappa shape index (κ1) is 13.9. The highest BCUT2D eigenvalue weighted by molar-refractivity contribution is 5.79. The van der Waals surface area contributed by atoms with E-state index in [1.165, 1.54) is 12.8 Å². The second kappa shape index (κ2) is 6.55. The van der Waals surface area contributed by atoms with Crippen LogP contribution < -0.4 is 5.32 Å². The summed E-state index contributed by atoms with van der Waals surface area (Å²) in [6.07, 6.45) is 6.67. The van der Waals surface area contributed by atoms with Crippen molar-refractivity contribution < 1.29 is 9.53 Å². The minimum absolute atomic E-state index is 0.196. The SMILES string of the molecule is CC(C)[C@H]1CC[C@@H](NC(=O)C2CCOCC2)CC1. The van der Waals surface area contributed by atoms with Crippen LogP contribution in [0.2, 0.25) is 0 Å². The first-order chi connectivity index (χ1) is 8.66. The highest BCUT2D eigenvalue weighted by Crippen LogP contribution is 2.30. The predicted octanol–water partition coefficient (Wildman–Crippen LogP) is 2.74. The van der Waals surface area contributed by atoms with Gasteiger partial charge in [0.05, 0.1) is 0 Å². The standard InChI is InChI=1S/C15H27NO2/c1-11(2)12-3-5-14(6-4-12)16-15(17)13-7-9-18-10-8-13/h11-14H,3-10H2,1-2H3,(H,16,17)/t12-,14+. The van der Waals surface area contributed by atoms with E-state index in [1.54, 1.807) is 0 Å². The van der Waals surface area contributed by atoms with E-state index in [2.05, 4.69) is 19.2 Å². The molecule has 1 saturated heterocycles. The molecule has 18 heavy (non-hydrogen) atoms. The average molecular weight is 253 g/mol. The highest BCUT2D eigenvalue weighted by Gasteiger charge is 2.27. The molecule has 0 bridgehead atoms. The second-order valence-corrected chi connectivity index (χ2v) is 6.25. The second-order valence-electron chi connectivity index (χ2n) is 6.25. The number of hydrogen-bond donors (Lipinski definition) is 1. The quantitative estimate of drug-likeness (QED) is 0.840. The van der Waals surface area contributed by atoms with Crippen LogP contribution in [0.1, 0.15) is 52.4 Å². The maximum Gasteiger partial charge on any atom is 0.223 e. The van der Waals surface area contributed by atoms with Crippen LogP contribution in [-0.4, -0.2) is 25.2 Å². The van der Waals surface area contributed by atoms with Crippen LogP contribution in [0, 0.1) is 17.8 Å². The molecule has 0 spiro atoms. The molecule has 2 fully saturated rings. The smallest absolute Gasteiger partial charge is 0.223 e. The van der Waals surface area contributed by atoms with E-state index >= 15 is 0 Å². The molecular weight excluding hydrogens is 226 g/mol. The third-order valence-electron chi connectivity index (χ3n) is 4.65. The van der Waals surface area contributed by atoms with Crippen molar-refractivity contribution in [1.82, 2.24) is 5.32 Å². The maximum atomic E-state index is 12.1. The molecule has 3 nitrogen and oxygen atoms in total. The van der Waals surface area contributed by atoms with Gasteiger partial charge in [-0.15, -0.1) is 0 Å². The minimum atomic E-state index is 0.196. The third kappa shape index (κ3) is 3.71. The molecule has 0 unspecified atom stereocenters. The number of carbonyl (C=O) groups excluding carboxylic acids is 1. The summed E-state index contributed by atoms with van der Waals surface area (Å²) in [6, 6.07) is 0.426. The Bertz CT molecular complexity index is 264. The van der Waals surface area contributed by atoms with Gasteiger partial charge in [-0.3, -0.25) is 4.79 Å². The zero-order valence-electron chi connectivity index (χ0n) is 11.8. The Morgan fingerprint density at radius 3 is 2.22 bits per heavy atom. The van der Waals surface area contributed by atoms with Gasteiger partial charge >= 0.3 is 0 Å². The van der Waals surface area contributed by atoms with E-state index in [-0.39, 0.29) is 11.8 Å². The number of nitrogens with one attached hydrogen (secondary N) is 1. The van der Waals surface area contributed by atoms with Crippen LogP contribution in [-0.2, 0) is 9.53 Å². The molecule has 1 amide bonds. The van der Waals surface area contributed by atoms with E-state index in [4.69, 9.17) is 4.74 Å². The molecule has 1 N–H and O–H groups in total. The molecule has 0 radical (unpaired) electrons. The van der Waals surface area contributed by atoms with Gasteiger partial charge in [0.25, 0.3) is 0 Å². The summed E-state index contributed by atoms with van der Waals surface area (Å²) in [4.78, 5) is 12.1. The molecular formula is C15H27NO2. The molecule has 3 heteroatoms. The minimum Gasteiger partial charge on any atom is -0.381 e. The molecule has 0 aromatic heterocycles. The fourth-order valence-electron chi connectivity index (χ4n) is 3.21. The van der Waals surface area contributed by atoms with Crippen molar-refractivity contribution in [3.05, 3.63) is 0 Å². The van der Waals surface area contributed by atoms with Crippen LogP contribution in [0.3, 0.4) is 0 Å². The summed E-state index contributed by atoms with van der Waals surface area (Å²) in [5, 5.41) is 3.25. The van der Waals surface area contributed by atoms with Crippen LogP contribution in [0.4, 0.5) is 0 Å². The van der Waals surface area contributed by atoms with Gasteiger partial charge in [-0.25, -0.2) is 0 Å². The molecule has 1 saturated carbocycles. The fraction of sp³-hybridized carbons (Fsp3) is 0.933. The summed E-state index contributed by atoms with van der Waals surface area (Å²) in [5.41, 5.74) is 0. The van der Waals surface area contributed by atoms with Crippen LogP contribution in [0.25, 0.3) is 0 Å². The summed E-state index contributed by atoms with van der Waals surface area (Å²) >= 11 is 0. The predicted molar refractivity (Wildman–Crippen MR) is 72.3 cm³/mol. The normalized spacial score (nSPS) is 30.4. The molecule has 1 aliphatic carbocycles. The van der Waals surface area contributed by atoms with Crippen LogP contribution in [0.5, 0.6) is 0 Å². The van der Waals surface area contributed by atoms with Gasteiger partial charge in [0.2, 0.25) is 5.91 Å². The molecule has 2 aliphatic rings. The number of hydrogen-bond acceptors (Lipinski definition) is 2. The number of carbonyl (C=O) groups is 1. The Kier molecular flexibility index (Phi) is 5.04. The van der Waals surface area contributed by atoms with E-state index in [1.807, 2.05) is 0 Å². The Hall–Kier alpha value is -0.570. The lowest BCUT2D eigenvalue weighted by atomic mass is 9.79. The van der Waals surface area contributed by atoms with Gasteiger partial charge in [-0.1, -0.05) is 13.8 Å². The Morgan fingerprint density at radius 2 is 1.67 bits per heavy atom. The Labute approximate surface area is 111 Å². The molecule has 1 heterocycles. The summed E-state index contributed by atoms with van der Waals surface area (Å²) < 4.78 is 5.30. The van der Waals surface area contributed by atoms with Crippen molar-refractivity contribution >= 4 is 5.91 Å². The van der Waals surface area contributed by atoms with Crippen molar-refractivity contribution in [2.45, 2.75) is 58.4 Å². The molecule has 104 valence electrons. The topological polar surface area (TPSA) is 38.3 Å². The molecule has 2 rings (SSSR count). The lowest BCUT2D eigenvalue weighted by Crippen LogP contribution is -2.42. The van der Waals surface area contributed by atoms with E-state index in [9.17, 15) is 4.79 Å². The van der Waals surface area contributed by atoms with Gasteiger partial charge < -0.3 is 10.1 Å². The van der Waals surface area contributed by atoms with E-state index in [0.29, 0.717) is 6.04 Å². The zero-order chi connectivity index (χ0) is 13.0. The highest BCUT2D eigenvalue weighted by atomic mass is 16.5.